The molecule has 0 aliphatic carbocycles. The zero-order valence-electron chi connectivity index (χ0n) is 10.5. The van der Waals surface area contributed by atoms with Gasteiger partial charge in [0, 0.05) is 17.5 Å². The highest BCUT2D eigenvalue weighted by Gasteiger charge is 1.98. The third kappa shape index (κ3) is 4.65. The molecule has 2 rings (SSSR count). The Bertz CT molecular complexity index is 586. The molecule has 0 saturated carbocycles. The van der Waals surface area contributed by atoms with Crippen molar-refractivity contribution in [3.8, 4) is 0 Å². The van der Waals surface area contributed by atoms with Crippen LogP contribution in [0.3, 0.4) is 0 Å². The van der Waals surface area contributed by atoms with Crippen molar-refractivity contribution in [3.63, 3.8) is 0 Å². The topological polar surface area (TPSA) is 29.1 Å². The van der Waals surface area contributed by atoms with Gasteiger partial charge in [0.1, 0.15) is 0 Å². The van der Waals surface area contributed by atoms with Crippen LogP contribution < -0.4 is 5.32 Å². The summed E-state index contributed by atoms with van der Waals surface area (Å²) < 4.78 is 1.06. The molecule has 1 amide bonds. The molecule has 98 valence electrons. The molecule has 4 heteroatoms. The van der Waals surface area contributed by atoms with E-state index in [0.29, 0.717) is 6.54 Å². The monoisotopic (exact) mass is 335 g/mol. The summed E-state index contributed by atoms with van der Waals surface area (Å²) in [7, 11) is 0. The summed E-state index contributed by atoms with van der Waals surface area (Å²) in [5, 5.41) is 2.86. The van der Waals surface area contributed by atoms with Crippen molar-refractivity contribution in [1.29, 1.82) is 0 Å². The van der Waals surface area contributed by atoms with E-state index in [0.717, 1.165) is 14.2 Å². The second-order valence-corrected chi connectivity index (χ2v) is 6.67. The average Bonchev–Trinajstić information content (AvgIpc) is 2.81. The summed E-state index contributed by atoms with van der Waals surface area (Å²) >= 11 is 4.99. The summed E-state index contributed by atoms with van der Waals surface area (Å²) in [6, 6.07) is 12.1. The second-order valence-electron chi connectivity index (χ2n) is 4.18. The first-order valence-corrected chi connectivity index (χ1v) is 7.51. The van der Waals surface area contributed by atoms with Gasteiger partial charge in [0.2, 0.25) is 5.91 Å². The smallest absolute Gasteiger partial charge is 0.244 e. The highest BCUT2D eigenvalue weighted by molar-refractivity contribution is 9.11. The van der Waals surface area contributed by atoms with Gasteiger partial charge in [-0.05, 0) is 46.6 Å². The van der Waals surface area contributed by atoms with E-state index in [1.54, 1.807) is 17.4 Å². The van der Waals surface area contributed by atoms with Gasteiger partial charge in [-0.25, -0.2) is 0 Å². The molecule has 0 spiro atoms. The van der Waals surface area contributed by atoms with Crippen LogP contribution in [0.15, 0.2) is 46.3 Å². The normalized spacial score (nSPS) is 10.8. The Morgan fingerprint density at radius 1 is 1.26 bits per heavy atom. The minimum absolute atomic E-state index is 0.0786. The third-order valence-electron chi connectivity index (χ3n) is 2.58. The lowest BCUT2D eigenvalue weighted by Gasteiger charge is -2.02. The molecular weight excluding hydrogens is 322 g/mol. The molecular formula is C15H14BrNOS. The Hall–Kier alpha value is -1.39. The highest BCUT2D eigenvalue weighted by atomic mass is 79.9. The van der Waals surface area contributed by atoms with Gasteiger partial charge in [0.05, 0.1) is 3.79 Å². The van der Waals surface area contributed by atoms with Gasteiger partial charge in [-0.3, -0.25) is 4.79 Å². The van der Waals surface area contributed by atoms with Gasteiger partial charge in [-0.2, -0.15) is 0 Å². The Kier molecular flexibility index (Phi) is 4.93. The van der Waals surface area contributed by atoms with E-state index in [4.69, 9.17) is 0 Å². The molecule has 0 aliphatic rings. The number of carbonyl (C=O) groups is 1. The van der Waals surface area contributed by atoms with Gasteiger partial charge in [-0.1, -0.05) is 29.8 Å². The lowest BCUT2D eigenvalue weighted by Crippen LogP contribution is -2.20. The predicted octanol–water partition coefficient (Wildman–Crippen LogP) is 4.15. The van der Waals surface area contributed by atoms with Crippen molar-refractivity contribution in [1.82, 2.24) is 5.32 Å². The number of halogens is 1. The standard InChI is InChI=1S/C15H14BrNOS/c1-11-2-4-12(5-3-11)10-17-15(18)9-7-13-6-8-14(16)19-13/h2-9H,10H2,1H3,(H,17,18). The van der Waals surface area contributed by atoms with Crippen molar-refractivity contribution in [2.45, 2.75) is 13.5 Å². The van der Waals surface area contributed by atoms with Gasteiger partial charge >= 0.3 is 0 Å². The van der Waals surface area contributed by atoms with Crippen LogP contribution in [0.1, 0.15) is 16.0 Å². The van der Waals surface area contributed by atoms with Crippen molar-refractivity contribution < 1.29 is 4.79 Å². The molecule has 1 aromatic heterocycles. The number of hydrogen-bond donors (Lipinski definition) is 1. The number of benzene rings is 1. The fourth-order valence-electron chi connectivity index (χ4n) is 1.53. The van der Waals surface area contributed by atoms with Crippen molar-refractivity contribution in [2.75, 3.05) is 0 Å². The number of rotatable bonds is 4. The van der Waals surface area contributed by atoms with Crippen LogP contribution in [0.4, 0.5) is 0 Å². The molecule has 1 N–H and O–H groups in total. The van der Waals surface area contributed by atoms with E-state index in [1.165, 1.54) is 5.56 Å². The highest BCUT2D eigenvalue weighted by Crippen LogP contribution is 2.22. The average molecular weight is 336 g/mol. The minimum atomic E-state index is -0.0786. The van der Waals surface area contributed by atoms with E-state index in [9.17, 15) is 4.79 Å². The van der Waals surface area contributed by atoms with Crippen molar-refractivity contribution >= 4 is 39.2 Å². The number of amides is 1. The number of nitrogens with one attached hydrogen (secondary N) is 1. The molecule has 1 heterocycles. The number of hydrogen-bond acceptors (Lipinski definition) is 2. The molecule has 0 radical (unpaired) electrons. The van der Waals surface area contributed by atoms with Gasteiger partial charge < -0.3 is 5.32 Å². The van der Waals surface area contributed by atoms with Crippen LogP contribution in [-0.2, 0) is 11.3 Å². The van der Waals surface area contributed by atoms with E-state index in [1.807, 2.05) is 49.4 Å². The van der Waals surface area contributed by atoms with Crippen molar-refractivity contribution in [3.05, 3.63) is 62.3 Å². The molecule has 0 fully saturated rings. The summed E-state index contributed by atoms with van der Waals surface area (Å²) in [5.74, 6) is -0.0786. The first-order valence-electron chi connectivity index (χ1n) is 5.90. The van der Waals surface area contributed by atoms with Crippen LogP contribution in [0.25, 0.3) is 6.08 Å². The van der Waals surface area contributed by atoms with Gasteiger partial charge in [0.15, 0.2) is 0 Å². The third-order valence-corrected chi connectivity index (χ3v) is 4.17. The van der Waals surface area contributed by atoms with E-state index < -0.39 is 0 Å². The zero-order valence-corrected chi connectivity index (χ0v) is 12.9. The quantitative estimate of drug-likeness (QED) is 0.835. The fourth-order valence-corrected chi connectivity index (χ4v) is 2.86. The molecule has 1 aromatic carbocycles. The molecule has 0 saturated heterocycles. The molecule has 19 heavy (non-hydrogen) atoms. The summed E-state index contributed by atoms with van der Waals surface area (Å²) in [5.41, 5.74) is 2.32. The maximum absolute atomic E-state index is 11.7. The maximum Gasteiger partial charge on any atom is 0.244 e. The molecule has 2 aromatic rings. The largest absolute Gasteiger partial charge is 0.348 e. The molecule has 0 unspecified atom stereocenters. The van der Waals surface area contributed by atoms with Crippen LogP contribution in [-0.4, -0.2) is 5.91 Å². The van der Waals surface area contributed by atoms with Crippen LogP contribution in [0, 0.1) is 6.92 Å². The van der Waals surface area contributed by atoms with Crippen LogP contribution >= 0.6 is 27.3 Å². The molecule has 0 aliphatic heterocycles. The van der Waals surface area contributed by atoms with Gasteiger partial charge in [-0.15, -0.1) is 11.3 Å². The summed E-state index contributed by atoms with van der Waals surface area (Å²) in [6.45, 7) is 2.60. The fraction of sp³-hybridized carbons (Fsp3) is 0.133. The lowest BCUT2D eigenvalue weighted by atomic mass is 10.1. The Morgan fingerprint density at radius 3 is 2.63 bits per heavy atom. The predicted molar refractivity (Wildman–Crippen MR) is 84.1 cm³/mol. The first kappa shape index (κ1) is 14.0. The van der Waals surface area contributed by atoms with E-state index >= 15 is 0 Å². The Morgan fingerprint density at radius 2 is 2.00 bits per heavy atom. The summed E-state index contributed by atoms with van der Waals surface area (Å²) in [6.07, 6.45) is 3.38. The van der Waals surface area contributed by atoms with E-state index in [-0.39, 0.29) is 5.91 Å². The minimum Gasteiger partial charge on any atom is -0.348 e. The Balaban J connectivity index is 1.84. The lowest BCUT2D eigenvalue weighted by molar-refractivity contribution is -0.116. The zero-order chi connectivity index (χ0) is 13.7. The molecule has 2 nitrogen and oxygen atoms in total. The van der Waals surface area contributed by atoms with Crippen LogP contribution in [0.5, 0.6) is 0 Å². The molecule has 0 atom stereocenters. The molecule has 0 bridgehead atoms. The van der Waals surface area contributed by atoms with Crippen LogP contribution in [0.2, 0.25) is 0 Å². The number of thiophene rings is 1. The maximum atomic E-state index is 11.7. The van der Waals surface area contributed by atoms with Gasteiger partial charge in [0.25, 0.3) is 0 Å². The second kappa shape index (κ2) is 6.68. The number of carbonyl (C=O) groups excluding carboxylic acids is 1. The SMILES string of the molecule is Cc1ccc(CNC(=O)C=Cc2ccc(Br)s2)cc1. The Labute approximate surface area is 125 Å². The van der Waals surface area contributed by atoms with E-state index in [2.05, 4.69) is 21.2 Å². The number of aryl methyl sites for hydroxylation is 1. The first-order chi connectivity index (χ1) is 9.13. The summed E-state index contributed by atoms with van der Waals surface area (Å²) in [4.78, 5) is 12.7. The van der Waals surface area contributed by atoms with Crippen molar-refractivity contribution in [2.24, 2.45) is 0 Å².